The highest BCUT2D eigenvalue weighted by molar-refractivity contribution is 5.74. The minimum Gasteiger partial charge on any atom is -0.346 e. The highest BCUT2D eigenvalue weighted by Crippen LogP contribution is 2.14. The van der Waals surface area contributed by atoms with Crippen LogP contribution in [0.4, 0.5) is 0 Å². The number of hydrogen-bond donors (Lipinski definition) is 2. The number of para-hydroxylation sites is 2. The van der Waals surface area contributed by atoms with Gasteiger partial charge in [0.05, 0.1) is 16.7 Å². The highest BCUT2D eigenvalue weighted by atomic mass is 15.1. The van der Waals surface area contributed by atoms with Gasteiger partial charge in [0, 0.05) is 38.0 Å². The third-order valence-corrected chi connectivity index (χ3v) is 3.91. The summed E-state index contributed by atoms with van der Waals surface area (Å²) in [7, 11) is 2.02. The van der Waals surface area contributed by atoms with Gasteiger partial charge in [-0.05, 0) is 19.1 Å². The number of benzene rings is 1. The van der Waals surface area contributed by atoms with Gasteiger partial charge in [-0.25, -0.2) is 15.0 Å². The summed E-state index contributed by atoms with van der Waals surface area (Å²) in [6.07, 6.45) is 5.37. The molecule has 3 aromatic heterocycles. The molecule has 4 aromatic rings. The lowest BCUT2D eigenvalue weighted by Crippen LogP contribution is -1.98. The van der Waals surface area contributed by atoms with Gasteiger partial charge in [0.2, 0.25) is 0 Å². The van der Waals surface area contributed by atoms with Crippen LogP contribution in [0.5, 0.6) is 0 Å². The fourth-order valence-electron chi connectivity index (χ4n) is 2.81. The number of nitrogens with one attached hydrogen (secondary N) is 2. The molecule has 0 saturated carbocycles. The number of aromatic amines is 2. The van der Waals surface area contributed by atoms with Crippen molar-refractivity contribution in [1.82, 2.24) is 29.5 Å². The van der Waals surface area contributed by atoms with E-state index < -0.39 is 0 Å². The van der Waals surface area contributed by atoms with Crippen LogP contribution >= 0.6 is 0 Å². The Hall–Kier alpha value is -2.89. The van der Waals surface area contributed by atoms with Crippen LogP contribution in [0.2, 0.25) is 0 Å². The average molecular weight is 306 g/mol. The first kappa shape index (κ1) is 13.8. The minimum atomic E-state index is 0.699. The standard InChI is InChI=1S/C17H18N6/c1-11-18-9-12(19-11)8-17-20-13(10-23(17)2)7-16-21-14-5-3-4-6-15(14)22-16/h3-6,9-10H,7-8H2,1-2H3,(H,18,19)(H,21,22). The zero-order chi connectivity index (χ0) is 15.8. The van der Waals surface area contributed by atoms with Crippen LogP contribution in [-0.4, -0.2) is 29.5 Å². The molecule has 0 spiro atoms. The molecule has 6 heteroatoms. The lowest BCUT2D eigenvalue weighted by molar-refractivity contribution is 0.813. The molecule has 6 nitrogen and oxygen atoms in total. The molecule has 0 saturated heterocycles. The molecule has 23 heavy (non-hydrogen) atoms. The second-order valence-corrected chi connectivity index (χ2v) is 5.81. The van der Waals surface area contributed by atoms with Crippen molar-refractivity contribution in [3.63, 3.8) is 0 Å². The molecule has 3 heterocycles. The van der Waals surface area contributed by atoms with Gasteiger partial charge in [0.15, 0.2) is 0 Å². The maximum atomic E-state index is 4.73. The number of rotatable bonds is 4. The van der Waals surface area contributed by atoms with E-state index in [1.165, 1.54) is 0 Å². The molecule has 0 aliphatic carbocycles. The van der Waals surface area contributed by atoms with Crippen molar-refractivity contribution in [3.8, 4) is 0 Å². The van der Waals surface area contributed by atoms with Crippen molar-refractivity contribution in [2.24, 2.45) is 7.05 Å². The van der Waals surface area contributed by atoms with Crippen molar-refractivity contribution in [2.45, 2.75) is 19.8 Å². The van der Waals surface area contributed by atoms with E-state index in [2.05, 4.69) is 30.7 Å². The molecule has 2 N–H and O–H groups in total. The molecule has 0 aliphatic heterocycles. The summed E-state index contributed by atoms with van der Waals surface area (Å²) in [5, 5.41) is 0. The Morgan fingerprint density at radius 3 is 2.74 bits per heavy atom. The number of fused-ring (bicyclic) bond motifs is 1. The maximum absolute atomic E-state index is 4.73. The van der Waals surface area contributed by atoms with E-state index >= 15 is 0 Å². The van der Waals surface area contributed by atoms with E-state index in [1.807, 2.05) is 44.4 Å². The maximum Gasteiger partial charge on any atom is 0.114 e. The quantitative estimate of drug-likeness (QED) is 0.608. The molecule has 116 valence electrons. The van der Waals surface area contributed by atoms with Crippen molar-refractivity contribution in [2.75, 3.05) is 0 Å². The number of imidazole rings is 3. The molecule has 0 radical (unpaired) electrons. The minimum absolute atomic E-state index is 0.699. The predicted molar refractivity (Wildman–Crippen MR) is 88.2 cm³/mol. The predicted octanol–water partition coefficient (Wildman–Crippen LogP) is 2.51. The summed E-state index contributed by atoms with van der Waals surface area (Å²) >= 11 is 0. The Balaban J connectivity index is 1.56. The Bertz CT molecular complexity index is 925. The summed E-state index contributed by atoms with van der Waals surface area (Å²) in [5.74, 6) is 2.88. The third-order valence-electron chi connectivity index (χ3n) is 3.91. The zero-order valence-corrected chi connectivity index (χ0v) is 13.2. The second kappa shape index (κ2) is 5.39. The summed E-state index contributed by atoms with van der Waals surface area (Å²) in [5.41, 5.74) is 4.14. The number of aromatic nitrogens is 6. The van der Waals surface area contributed by atoms with Crippen LogP contribution < -0.4 is 0 Å². The Morgan fingerprint density at radius 2 is 1.96 bits per heavy atom. The number of nitrogens with zero attached hydrogens (tertiary/aromatic N) is 4. The summed E-state index contributed by atoms with van der Waals surface area (Å²) in [6, 6.07) is 8.06. The van der Waals surface area contributed by atoms with Crippen molar-refractivity contribution in [1.29, 1.82) is 0 Å². The summed E-state index contributed by atoms with van der Waals surface area (Å²) < 4.78 is 2.06. The van der Waals surface area contributed by atoms with Gasteiger partial charge >= 0.3 is 0 Å². The van der Waals surface area contributed by atoms with Crippen LogP contribution in [0, 0.1) is 6.92 Å². The van der Waals surface area contributed by atoms with E-state index in [4.69, 9.17) is 4.98 Å². The molecule has 0 fully saturated rings. The second-order valence-electron chi connectivity index (χ2n) is 5.81. The number of H-pyrrole nitrogens is 2. The van der Waals surface area contributed by atoms with Gasteiger partial charge in [-0.3, -0.25) is 0 Å². The van der Waals surface area contributed by atoms with E-state index in [-0.39, 0.29) is 0 Å². The van der Waals surface area contributed by atoms with Gasteiger partial charge in [0.25, 0.3) is 0 Å². The Morgan fingerprint density at radius 1 is 1.09 bits per heavy atom. The number of hydrogen-bond acceptors (Lipinski definition) is 3. The van der Waals surface area contributed by atoms with E-state index in [0.717, 1.165) is 46.3 Å². The molecular weight excluding hydrogens is 288 g/mol. The molecule has 1 aromatic carbocycles. The van der Waals surface area contributed by atoms with Crippen LogP contribution in [0.15, 0.2) is 36.7 Å². The van der Waals surface area contributed by atoms with Gasteiger partial charge in [0.1, 0.15) is 17.5 Å². The van der Waals surface area contributed by atoms with E-state index in [0.29, 0.717) is 6.42 Å². The van der Waals surface area contributed by atoms with Gasteiger partial charge in [-0.2, -0.15) is 0 Å². The summed E-state index contributed by atoms with van der Waals surface area (Å²) in [4.78, 5) is 20.2. The zero-order valence-electron chi connectivity index (χ0n) is 13.2. The average Bonchev–Trinajstić information content (AvgIpc) is 3.19. The van der Waals surface area contributed by atoms with Gasteiger partial charge in [-0.1, -0.05) is 12.1 Å². The van der Waals surface area contributed by atoms with Gasteiger partial charge < -0.3 is 14.5 Å². The first-order valence-electron chi connectivity index (χ1n) is 7.62. The number of aryl methyl sites for hydroxylation is 2. The topological polar surface area (TPSA) is 75.2 Å². The molecule has 0 bridgehead atoms. The van der Waals surface area contributed by atoms with Crippen LogP contribution in [-0.2, 0) is 19.9 Å². The smallest absolute Gasteiger partial charge is 0.114 e. The van der Waals surface area contributed by atoms with Crippen molar-refractivity contribution < 1.29 is 0 Å². The SMILES string of the molecule is Cc1ncc(Cc2nc(Cc3nc4ccccc4[nH]3)cn2C)[nH]1. The van der Waals surface area contributed by atoms with Crippen molar-refractivity contribution in [3.05, 3.63) is 65.5 Å². The Kier molecular flexibility index (Phi) is 3.22. The largest absolute Gasteiger partial charge is 0.346 e. The molecule has 0 amide bonds. The lowest BCUT2D eigenvalue weighted by Gasteiger charge is -1.98. The molecular formula is C17H18N6. The fraction of sp³-hybridized carbons (Fsp3) is 0.235. The van der Waals surface area contributed by atoms with E-state index in [1.54, 1.807) is 0 Å². The lowest BCUT2D eigenvalue weighted by atomic mass is 10.3. The van der Waals surface area contributed by atoms with Crippen LogP contribution in [0.25, 0.3) is 11.0 Å². The first-order chi connectivity index (χ1) is 11.2. The molecule has 0 aliphatic rings. The summed E-state index contributed by atoms with van der Waals surface area (Å²) in [6.45, 7) is 1.95. The third kappa shape index (κ3) is 2.75. The first-order valence-corrected chi connectivity index (χ1v) is 7.62. The fourth-order valence-corrected chi connectivity index (χ4v) is 2.81. The molecule has 0 atom stereocenters. The van der Waals surface area contributed by atoms with Crippen molar-refractivity contribution >= 4 is 11.0 Å². The molecule has 4 rings (SSSR count). The Labute approximate surface area is 133 Å². The van der Waals surface area contributed by atoms with Gasteiger partial charge in [-0.15, -0.1) is 0 Å². The van der Waals surface area contributed by atoms with Crippen LogP contribution in [0.3, 0.4) is 0 Å². The van der Waals surface area contributed by atoms with Crippen LogP contribution in [0.1, 0.15) is 28.9 Å². The molecule has 0 unspecified atom stereocenters. The highest BCUT2D eigenvalue weighted by Gasteiger charge is 2.10. The monoisotopic (exact) mass is 306 g/mol. The normalized spacial score (nSPS) is 11.4. The van der Waals surface area contributed by atoms with E-state index in [9.17, 15) is 0 Å².